The van der Waals surface area contributed by atoms with Gasteiger partial charge < -0.3 is 0 Å². The predicted molar refractivity (Wildman–Crippen MR) is 126 cm³/mol. The van der Waals surface area contributed by atoms with E-state index in [0.717, 1.165) is 16.8 Å². The van der Waals surface area contributed by atoms with Gasteiger partial charge in [-0.3, -0.25) is 4.98 Å². The van der Waals surface area contributed by atoms with Crippen LogP contribution in [0.2, 0.25) is 0 Å². The van der Waals surface area contributed by atoms with Crippen LogP contribution in [0, 0.1) is 0 Å². The number of rotatable bonds is 4. The van der Waals surface area contributed by atoms with Gasteiger partial charge >= 0.3 is 0 Å². The first-order chi connectivity index (χ1) is 14.9. The highest BCUT2D eigenvalue weighted by Gasteiger charge is 2.04. The molecule has 5 aromatic rings. The molecule has 0 aliphatic rings. The monoisotopic (exact) mass is 383 g/mol. The molecule has 0 bridgehead atoms. The quantitative estimate of drug-likeness (QED) is 0.309. The van der Waals surface area contributed by atoms with E-state index in [-0.39, 0.29) is 0 Å². The van der Waals surface area contributed by atoms with Crippen LogP contribution >= 0.6 is 0 Å². The molecule has 1 nitrogen and oxygen atoms in total. The van der Waals surface area contributed by atoms with E-state index in [9.17, 15) is 0 Å². The van der Waals surface area contributed by atoms with Crippen molar-refractivity contribution in [2.75, 3.05) is 0 Å². The second kappa shape index (κ2) is 8.18. The molecule has 30 heavy (non-hydrogen) atoms. The molecule has 0 saturated heterocycles. The van der Waals surface area contributed by atoms with Crippen LogP contribution in [0.1, 0.15) is 0 Å². The van der Waals surface area contributed by atoms with E-state index in [4.69, 9.17) is 4.98 Å². The molecule has 0 saturated carbocycles. The fraction of sp³-hybridized carbons (Fsp3) is 0. The number of benzene rings is 4. The van der Waals surface area contributed by atoms with Crippen LogP contribution in [-0.2, 0) is 0 Å². The third-order valence-corrected chi connectivity index (χ3v) is 5.38. The Morgan fingerprint density at radius 2 is 0.667 bits per heavy atom. The topological polar surface area (TPSA) is 12.9 Å². The van der Waals surface area contributed by atoms with E-state index in [1.807, 2.05) is 18.3 Å². The number of pyridine rings is 1. The van der Waals surface area contributed by atoms with Gasteiger partial charge in [-0.25, -0.2) is 0 Å². The Morgan fingerprint density at radius 3 is 1.10 bits per heavy atom. The van der Waals surface area contributed by atoms with Crippen molar-refractivity contribution in [3.05, 3.63) is 128 Å². The van der Waals surface area contributed by atoms with Crippen molar-refractivity contribution in [3.63, 3.8) is 0 Å². The number of hydrogen-bond acceptors (Lipinski definition) is 1. The van der Waals surface area contributed by atoms with Crippen molar-refractivity contribution >= 4 is 0 Å². The van der Waals surface area contributed by atoms with Crippen LogP contribution in [-0.4, -0.2) is 4.98 Å². The van der Waals surface area contributed by atoms with Crippen LogP contribution in [0.3, 0.4) is 0 Å². The van der Waals surface area contributed by atoms with E-state index in [0.29, 0.717) is 0 Å². The Labute approximate surface area is 177 Å². The van der Waals surface area contributed by atoms with E-state index >= 15 is 0 Å². The summed E-state index contributed by atoms with van der Waals surface area (Å²) in [5.74, 6) is 0. The van der Waals surface area contributed by atoms with Gasteiger partial charge in [-0.2, -0.15) is 0 Å². The first kappa shape index (κ1) is 18.1. The number of aromatic nitrogens is 1. The third kappa shape index (κ3) is 3.78. The molecule has 0 spiro atoms. The molecule has 1 heteroatoms. The Balaban J connectivity index is 1.35. The summed E-state index contributed by atoms with van der Waals surface area (Å²) >= 11 is 0. The summed E-state index contributed by atoms with van der Waals surface area (Å²) < 4.78 is 0. The summed E-state index contributed by atoms with van der Waals surface area (Å²) in [5.41, 5.74) is 9.31. The molecule has 0 aliphatic carbocycles. The highest BCUT2D eigenvalue weighted by Crippen LogP contribution is 2.27. The van der Waals surface area contributed by atoms with E-state index in [2.05, 4.69) is 109 Å². The fourth-order valence-corrected chi connectivity index (χ4v) is 3.69. The lowest BCUT2D eigenvalue weighted by atomic mass is 10.00. The fourth-order valence-electron chi connectivity index (χ4n) is 3.69. The molecule has 1 aromatic heterocycles. The Hall–Kier alpha value is -3.97. The predicted octanol–water partition coefficient (Wildman–Crippen LogP) is 7.75. The summed E-state index contributed by atoms with van der Waals surface area (Å²) in [7, 11) is 0. The van der Waals surface area contributed by atoms with Gasteiger partial charge in [0.2, 0.25) is 0 Å². The highest BCUT2D eigenvalue weighted by molar-refractivity contribution is 5.72. The smallest absolute Gasteiger partial charge is 0.0702 e. The molecule has 0 amide bonds. The lowest BCUT2D eigenvalue weighted by Gasteiger charge is -2.07. The lowest BCUT2D eigenvalue weighted by Crippen LogP contribution is -1.86. The Kier molecular flexibility index (Phi) is 4.93. The molecule has 4 aromatic carbocycles. The number of hydrogen-bond donors (Lipinski definition) is 0. The van der Waals surface area contributed by atoms with Gasteiger partial charge in [-0.15, -0.1) is 0 Å². The largest absolute Gasteiger partial charge is 0.256 e. The van der Waals surface area contributed by atoms with Crippen LogP contribution in [0.4, 0.5) is 0 Å². The highest BCUT2D eigenvalue weighted by atomic mass is 14.7. The molecule has 142 valence electrons. The second-order valence-electron chi connectivity index (χ2n) is 7.32. The first-order valence-electron chi connectivity index (χ1n) is 10.1. The zero-order chi connectivity index (χ0) is 20.2. The Morgan fingerprint density at radius 1 is 0.300 bits per heavy atom. The van der Waals surface area contributed by atoms with Gasteiger partial charge in [0.1, 0.15) is 0 Å². The summed E-state index contributed by atoms with van der Waals surface area (Å²) in [4.78, 5) is 4.71. The van der Waals surface area contributed by atoms with Crippen molar-refractivity contribution in [2.24, 2.45) is 0 Å². The van der Waals surface area contributed by atoms with Crippen LogP contribution < -0.4 is 0 Å². The molecule has 0 unspecified atom stereocenters. The SMILES string of the molecule is c1ccc(-c2ccc(-c3ccc(-c4ccc(-c5ccccc5)cc4)nc3)cc2)cc1. The van der Waals surface area contributed by atoms with Gasteiger partial charge in [0, 0.05) is 17.3 Å². The zero-order valence-corrected chi connectivity index (χ0v) is 16.6. The molecule has 5 rings (SSSR count). The molecule has 0 radical (unpaired) electrons. The van der Waals surface area contributed by atoms with Crippen molar-refractivity contribution in [1.29, 1.82) is 0 Å². The molecule has 1 heterocycles. The van der Waals surface area contributed by atoms with Gasteiger partial charge in [0.15, 0.2) is 0 Å². The Bertz CT molecular complexity index is 1120. The standard InChI is InChI=1S/C29H21N/c1-3-7-22(8-4-1)24-11-13-26(14-12-24)28-19-20-29(30-21-28)27-17-15-25(16-18-27)23-9-5-2-6-10-23/h1-21H. The maximum Gasteiger partial charge on any atom is 0.0702 e. The second-order valence-corrected chi connectivity index (χ2v) is 7.32. The maximum atomic E-state index is 4.71. The van der Waals surface area contributed by atoms with Gasteiger partial charge in [-0.1, -0.05) is 115 Å². The molecule has 0 N–H and O–H groups in total. The van der Waals surface area contributed by atoms with Crippen molar-refractivity contribution in [1.82, 2.24) is 4.98 Å². The summed E-state index contributed by atoms with van der Waals surface area (Å²) in [6, 6.07) is 42.4. The van der Waals surface area contributed by atoms with E-state index in [1.54, 1.807) is 0 Å². The van der Waals surface area contributed by atoms with Crippen molar-refractivity contribution in [3.8, 4) is 44.6 Å². The van der Waals surface area contributed by atoms with E-state index < -0.39 is 0 Å². The summed E-state index contributed by atoms with van der Waals surface area (Å²) in [6.07, 6.45) is 1.96. The molecule has 0 atom stereocenters. The third-order valence-electron chi connectivity index (χ3n) is 5.38. The minimum absolute atomic E-state index is 0.985. The van der Waals surface area contributed by atoms with Crippen LogP contribution in [0.5, 0.6) is 0 Å². The lowest BCUT2D eigenvalue weighted by molar-refractivity contribution is 1.32. The van der Waals surface area contributed by atoms with Gasteiger partial charge in [-0.05, 0) is 33.9 Å². The minimum Gasteiger partial charge on any atom is -0.256 e. The van der Waals surface area contributed by atoms with Crippen LogP contribution in [0.15, 0.2) is 128 Å². The summed E-state index contributed by atoms with van der Waals surface area (Å²) in [5, 5.41) is 0. The van der Waals surface area contributed by atoms with Crippen molar-refractivity contribution in [2.45, 2.75) is 0 Å². The van der Waals surface area contributed by atoms with Gasteiger partial charge in [0.05, 0.1) is 5.69 Å². The van der Waals surface area contributed by atoms with E-state index in [1.165, 1.54) is 27.8 Å². The first-order valence-corrected chi connectivity index (χ1v) is 10.1. The van der Waals surface area contributed by atoms with Crippen LogP contribution in [0.25, 0.3) is 44.6 Å². The van der Waals surface area contributed by atoms with Gasteiger partial charge in [0.25, 0.3) is 0 Å². The molecular formula is C29H21N. The molecular weight excluding hydrogens is 362 g/mol. The average Bonchev–Trinajstić information content (AvgIpc) is 2.85. The zero-order valence-electron chi connectivity index (χ0n) is 16.6. The molecule has 0 fully saturated rings. The van der Waals surface area contributed by atoms with Crippen molar-refractivity contribution < 1.29 is 0 Å². The normalized spacial score (nSPS) is 10.7. The molecule has 0 aliphatic heterocycles. The summed E-state index contributed by atoms with van der Waals surface area (Å²) in [6.45, 7) is 0. The maximum absolute atomic E-state index is 4.71. The average molecular weight is 383 g/mol. The minimum atomic E-state index is 0.985. The number of nitrogens with zero attached hydrogens (tertiary/aromatic N) is 1.